The lowest BCUT2D eigenvalue weighted by Crippen LogP contribution is -2.57. The molecule has 1 aliphatic heterocycles. The van der Waals surface area contributed by atoms with Gasteiger partial charge in [-0.05, 0) is 60.8 Å². The summed E-state index contributed by atoms with van der Waals surface area (Å²) in [5.74, 6) is 0. The lowest BCUT2D eigenvalue weighted by Gasteiger charge is -2.44. The van der Waals surface area contributed by atoms with Crippen molar-refractivity contribution in [2.24, 2.45) is 17.2 Å². The number of nitrogens with two attached hydrogens (primary N) is 3. The van der Waals surface area contributed by atoms with Crippen molar-refractivity contribution < 1.29 is 0 Å². The third-order valence-corrected chi connectivity index (χ3v) is 4.42. The molecular weight excluding hydrogens is 300 g/mol. The maximum Gasteiger partial charge on any atom is 0.0530 e. The fourth-order valence-electron chi connectivity index (χ4n) is 2.75. The number of rotatable bonds is 9. The van der Waals surface area contributed by atoms with Crippen LogP contribution >= 0.6 is 0 Å². The zero-order valence-corrected chi connectivity index (χ0v) is 16.9. The van der Waals surface area contributed by atoms with Crippen LogP contribution in [0.3, 0.4) is 0 Å². The van der Waals surface area contributed by atoms with Gasteiger partial charge in [-0.3, -0.25) is 14.7 Å². The lowest BCUT2D eigenvalue weighted by molar-refractivity contribution is -0.0356. The van der Waals surface area contributed by atoms with Gasteiger partial charge in [-0.1, -0.05) is 0 Å². The van der Waals surface area contributed by atoms with Crippen molar-refractivity contribution in [3.05, 3.63) is 0 Å². The summed E-state index contributed by atoms with van der Waals surface area (Å²) < 4.78 is 0. The highest BCUT2D eigenvalue weighted by Gasteiger charge is 2.26. The maximum atomic E-state index is 6.17. The van der Waals surface area contributed by atoms with Crippen molar-refractivity contribution in [3.8, 4) is 0 Å². The Hall–Kier alpha value is -0.240. The fraction of sp³-hybridized carbons (Fsp3) is 1.00. The smallest absolute Gasteiger partial charge is 0.0530 e. The van der Waals surface area contributed by atoms with Gasteiger partial charge in [0.05, 0.1) is 20.0 Å². The molecule has 0 bridgehead atoms. The van der Waals surface area contributed by atoms with E-state index in [0.717, 1.165) is 58.9 Å². The van der Waals surface area contributed by atoms with Gasteiger partial charge in [0.25, 0.3) is 0 Å². The molecule has 1 aliphatic rings. The van der Waals surface area contributed by atoms with Gasteiger partial charge in [-0.2, -0.15) is 0 Å². The highest BCUT2D eigenvalue weighted by molar-refractivity contribution is 4.80. The number of hydrogen-bond donors (Lipinski definition) is 3. The molecule has 0 radical (unpaired) electrons. The second-order valence-corrected chi connectivity index (χ2v) is 9.82. The molecule has 1 heterocycles. The van der Waals surface area contributed by atoms with Gasteiger partial charge < -0.3 is 17.2 Å². The molecular formula is C18H42N6. The molecule has 0 amide bonds. The Labute approximate surface area is 149 Å². The molecule has 6 nitrogen and oxygen atoms in total. The molecule has 0 aromatic rings. The zero-order valence-electron chi connectivity index (χ0n) is 16.9. The molecule has 1 rings (SSSR count). The molecule has 1 saturated heterocycles. The summed E-state index contributed by atoms with van der Waals surface area (Å²) in [6.07, 6.45) is 3.00. The monoisotopic (exact) mass is 342 g/mol. The molecule has 144 valence electrons. The Morgan fingerprint density at radius 2 is 0.750 bits per heavy atom. The predicted molar refractivity (Wildman–Crippen MR) is 103 cm³/mol. The average molecular weight is 343 g/mol. The second-order valence-electron chi connectivity index (χ2n) is 9.82. The second kappa shape index (κ2) is 8.43. The van der Waals surface area contributed by atoms with Crippen LogP contribution in [-0.4, -0.2) is 71.0 Å². The quantitative estimate of drug-likeness (QED) is 0.583. The Kier molecular flexibility index (Phi) is 7.66. The molecule has 0 aromatic carbocycles. The van der Waals surface area contributed by atoms with E-state index in [2.05, 4.69) is 56.2 Å². The average Bonchev–Trinajstić information content (AvgIpc) is 2.38. The minimum atomic E-state index is -0.119. The van der Waals surface area contributed by atoms with E-state index in [1.165, 1.54) is 0 Å². The van der Waals surface area contributed by atoms with Crippen LogP contribution in [0.2, 0.25) is 0 Å². The summed E-state index contributed by atoms with van der Waals surface area (Å²) in [5.41, 5.74) is 18.1. The molecule has 6 N–H and O–H groups in total. The van der Waals surface area contributed by atoms with Crippen molar-refractivity contribution in [1.29, 1.82) is 0 Å². The first kappa shape index (κ1) is 21.8. The first-order chi connectivity index (χ1) is 10.7. The summed E-state index contributed by atoms with van der Waals surface area (Å²) >= 11 is 0. The minimum Gasteiger partial charge on any atom is -0.326 e. The van der Waals surface area contributed by atoms with Gasteiger partial charge in [0.2, 0.25) is 0 Å². The topological polar surface area (TPSA) is 87.8 Å². The molecule has 0 unspecified atom stereocenters. The van der Waals surface area contributed by atoms with Gasteiger partial charge in [0, 0.05) is 36.3 Å². The van der Waals surface area contributed by atoms with Crippen molar-refractivity contribution in [2.75, 3.05) is 39.6 Å². The lowest BCUT2D eigenvalue weighted by atomic mass is 10.0. The van der Waals surface area contributed by atoms with Crippen LogP contribution in [0.5, 0.6) is 0 Å². The SMILES string of the molecule is CC(C)(N)CCN1CN(CCC(C)(C)N)CN(CCC(C)(C)N)C1. The highest BCUT2D eigenvalue weighted by Crippen LogP contribution is 2.15. The van der Waals surface area contributed by atoms with Crippen LogP contribution in [0.15, 0.2) is 0 Å². The van der Waals surface area contributed by atoms with Gasteiger partial charge in [0.1, 0.15) is 0 Å². The fourth-order valence-corrected chi connectivity index (χ4v) is 2.75. The van der Waals surface area contributed by atoms with E-state index in [4.69, 9.17) is 17.2 Å². The third-order valence-electron chi connectivity index (χ3n) is 4.42. The van der Waals surface area contributed by atoms with E-state index >= 15 is 0 Å². The van der Waals surface area contributed by atoms with E-state index < -0.39 is 0 Å². The summed E-state index contributed by atoms with van der Waals surface area (Å²) in [6, 6.07) is 0. The van der Waals surface area contributed by atoms with E-state index in [1.807, 2.05) is 0 Å². The standard InChI is InChI=1S/C18H42N6/c1-16(2,19)7-10-22-13-23(11-8-17(3,4)20)15-24(14-22)12-9-18(5,6)21/h7-15,19-21H2,1-6H3. The Morgan fingerprint density at radius 1 is 0.542 bits per heavy atom. The third kappa shape index (κ3) is 10.6. The Balaban J connectivity index is 2.60. The minimum absolute atomic E-state index is 0.119. The maximum absolute atomic E-state index is 6.17. The van der Waals surface area contributed by atoms with Gasteiger partial charge in [0.15, 0.2) is 0 Å². The van der Waals surface area contributed by atoms with Crippen LogP contribution in [0.1, 0.15) is 60.8 Å². The molecule has 0 atom stereocenters. The molecule has 24 heavy (non-hydrogen) atoms. The summed E-state index contributed by atoms with van der Waals surface area (Å²) in [5, 5.41) is 0. The van der Waals surface area contributed by atoms with Crippen LogP contribution in [-0.2, 0) is 0 Å². The van der Waals surface area contributed by atoms with Gasteiger partial charge >= 0.3 is 0 Å². The molecule has 0 spiro atoms. The molecule has 0 saturated carbocycles. The molecule has 6 heteroatoms. The van der Waals surface area contributed by atoms with E-state index in [0.29, 0.717) is 0 Å². The van der Waals surface area contributed by atoms with Crippen molar-refractivity contribution in [2.45, 2.75) is 77.4 Å². The van der Waals surface area contributed by atoms with Crippen LogP contribution < -0.4 is 17.2 Å². The largest absolute Gasteiger partial charge is 0.326 e. The van der Waals surface area contributed by atoms with Gasteiger partial charge in [-0.25, -0.2) is 0 Å². The summed E-state index contributed by atoms with van der Waals surface area (Å²) in [6.45, 7) is 18.6. The van der Waals surface area contributed by atoms with E-state index in [1.54, 1.807) is 0 Å². The molecule has 0 aromatic heterocycles. The molecule has 1 fully saturated rings. The van der Waals surface area contributed by atoms with E-state index in [-0.39, 0.29) is 16.6 Å². The van der Waals surface area contributed by atoms with Crippen LogP contribution in [0.4, 0.5) is 0 Å². The van der Waals surface area contributed by atoms with Crippen LogP contribution in [0, 0.1) is 0 Å². The highest BCUT2D eigenvalue weighted by atomic mass is 15.5. The normalized spacial score (nSPS) is 19.9. The van der Waals surface area contributed by atoms with Gasteiger partial charge in [-0.15, -0.1) is 0 Å². The first-order valence-corrected chi connectivity index (χ1v) is 9.27. The first-order valence-electron chi connectivity index (χ1n) is 9.27. The number of nitrogens with zero attached hydrogens (tertiary/aromatic N) is 3. The number of hydrogen-bond acceptors (Lipinski definition) is 6. The van der Waals surface area contributed by atoms with Crippen LogP contribution in [0.25, 0.3) is 0 Å². The Morgan fingerprint density at radius 3 is 0.917 bits per heavy atom. The predicted octanol–water partition coefficient (Wildman–Crippen LogP) is 1.16. The summed E-state index contributed by atoms with van der Waals surface area (Å²) in [4.78, 5) is 7.47. The van der Waals surface area contributed by atoms with E-state index in [9.17, 15) is 0 Å². The molecule has 0 aliphatic carbocycles. The van der Waals surface area contributed by atoms with Crippen molar-refractivity contribution >= 4 is 0 Å². The summed E-state index contributed by atoms with van der Waals surface area (Å²) in [7, 11) is 0. The Bertz CT molecular complexity index is 300. The van der Waals surface area contributed by atoms with Crippen molar-refractivity contribution in [3.63, 3.8) is 0 Å². The van der Waals surface area contributed by atoms with Crippen molar-refractivity contribution in [1.82, 2.24) is 14.7 Å². The zero-order chi connectivity index (χ0) is 18.6.